The SMILES string of the molecule is CCN1C(=CC=Cc2n(CC)c3cc(Cl)c(Cl)cc3[n+]2CCCCS(=O)(=O)O[n+]2ccccc2)N(CCCCS(=O)(=O)O)c2cc(Cl)c(Cl)cc21. The monoisotopic (exact) mass is 817 g/mol. The van der Waals surface area contributed by atoms with Crippen molar-refractivity contribution >= 4 is 95.1 Å². The lowest BCUT2D eigenvalue weighted by Crippen LogP contribution is -2.45. The van der Waals surface area contributed by atoms with E-state index in [1.807, 2.05) is 50.3 Å². The smallest absolute Gasteiger partial charge is 0.326 e. The molecule has 274 valence electrons. The third kappa shape index (κ3) is 9.50. The van der Waals surface area contributed by atoms with Crippen molar-refractivity contribution < 1.29 is 35.0 Å². The third-order valence-electron chi connectivity index (χ3n) is 8.38. The van der Waals surface area contributed by atoms with Crippen LogP contribution in [0.25, 0.3) is 17.1 Å². The molecule has 0 atom stereocenters. The van der Waals surface area contributed by atoms with Crippen LogP contribution >= 0.6 is 46.4 Å². The van der Waals surface area contributed by atoms with Gasteiger partial charge in [-0.15, -0.1) is 4.28 Å². The predicted octanol–water partition coefficient (Wildman–Crippen LogP) is 6.96. The molecule has 0 unspecified atom stereocenters. The number of rotatable bonds is 16. The number of anilines is 2. The Bertz CT molecular complexity index is 2180. The molecule has 0 spiro atoms. The summed E-state index contributed by atoms with van der Waals surface area (Å²) in [5.41, 5.74) is 3.44. The Labute approximate surface area is 318 Å². The molecule has 51 heavy (non-hydrogen) atoms. The molecule has 2 aromatic heterocycles. The van der Waals surface area contributed by atoms with E-state index in [1.165, 1.54) is 12.4 Å². The molecule has 0 aliphatic carbocycles. The van der Waals surface area contributed by atoms with Crippen LogP contribution in [-0.2, 0) is 33.3 Å². The third-order valence-corrected chi connectivity index (χ3v) is 11.8. The Morgan fingerprint density at radius 2 is 1.41 bits per heavy atom. The molecule has 17 heteroatoms. The average molecular weight is 820 g/mol. The molecular weight excluding hydrogens is 780 g/mol. The molecule has 0 saturated heterocycles. The van der Waals surface area contributed by atoms with Crippen molar-refractivity contribution in [3.8, 4) is 0 Å². The van der Waals surface area contributed by atoms with E-state index in [0.717, 1.165) is 38.8 Å². The highest BCUT2D eigenvalue weighted by Crippen LogP contribution is 2.45. The van der Waals surface area contributed by atoms with E-state index in [9.17, 15) is 21.4 Å². The van der Waals surface area contributed by atoms with Crippen LogP contribution in [0.4, 0.5) is 11.4 Å². The van der Waals surface area contributed by atoms with Crippen molar-refractivity contribution in [1.82, 2.24) is 4.57 Å². The van der Waals surface area contributed by atoms with E-state index in [2.05, 4.69) is 18.9 Å². The Hall–Kier alpha value is -3.04. The van der Waals surface area contributed by atoms with Gasteiger partial charge in [-0.2, -0.15) is 16.8 Å². The number of pyridine rings is 1. The van der Waals surface area contributed by atoms with Gasteiger partial charge < -0.3 is 9.80 Å². The van der Waals surface area contributed by atoms with Crippen LogP contribution in [0.3, 0.4) is 0 Å². The van der Waals surface area contributed by atoms with Crippen LogP contribution in [-0.4, -0.2) is 50.6 Å². The van der Waals surface area contributed by atoms with Crippen LogP contribution in [0.2, 0.25) is 20.1 Å². The average Bonchev–Trinajstić information content (AvgIpc) is 3.51. The number of imidazole rings is 1. The van der Waals surface area contributed by atoms with E-state index in [1.54, 1.807) is 24.3 Å². The first-order chi connectivity index (χ1) is 24.2. The van der Waals surface area contributed by atoms with Gasteiger partial charge in [-0.05, 0) is 57.7 Å². The number of nitrogens with zero attached hydrogens (tertiary/aromatic N) is 5. The molecule has 2 aromatic carbocycles. The van der Waals surface area contributed by atoms with Crippen LogP contribution in [0.1, 0.15) is 45.4 Å². The highest BCUT2D eigenvalue weighted by atomic mass is 35.5. The fraction of sp³-hybridized carbons (Fsp3) is 0.353. The van der Waals surface area contributed by atoms with Crippen molar-refractivity contribution in [2.45, 2.75) is 52.6 Å². The summed E-state index contributed by atoms with van der Waals surface area (Å²) in [4.78, 5) is 4.17. The Morgan fingerprint density at radius 3 is 2.06 bits per heavy atom. The van der Waals surface area contributed by atoms with Gasteiger partial charge in [0.2, 0.25) is 12.4 Å². The zero-order valence-electron chi connectivity index (χ0n) is 28.1. The van der Waals surface area contributed by atoms with Gasteiger partial charge in [0, 0.05) is 48.2 Å². The second-order valence-corrected chi connectivity index (χ2v) is 16.7. The summed E-state index contributed by atoms with van der Waals surface area (Å²) in [5.74, 6) is 1.21. The minimum atomic E-state index is -4.07. The lowest BCUT2D eigenvalue weighted by molar-refractivity contribution is -0.856. The van der Waals surface area contributed by atoms with Crippen molar-refractivity contribution in [1.29, 1.82) is 0 Å². The van der Waals surface area contributed by atoms with Crippen LogP contribution in [0.15, 0.2) is 72.8 Å². The fourth-order valence-electron chi connectivity index (χ4n) is 6.12. The van der Waals surface area contributed by atoms with Gasteiger partial charge in [-0.3, -0.25) is 4.55 Å². The number of hydrogen-bond donors (Lipinski definition) is 1. The van der Waals surface area contributed by atoms with E-state index in [0.29, 0.717) is 65.5 Å². The van der Waals surface area contributed by atoms with E-state index in [4.69, 9.17) is 50.7 Å². The minimum absolute atomic E-state index is 0.159. The van der Waals surface area contributed by atoms with Gasteiger partial charge in [0.05, 0.1) is 56.1 Å². The number of fused-ring (bicyclic) bond motifs is 2. The summed E-state index contributed by atoms with van der Waals surface area (Å²) in [6, 6.07) is 12.4. The second-order valence-electron chi connectivity index (χ2n) is 11.8. The van der Waals surface area contributed by atoms with Gasteiger partial charge >= 0.3 is 10.1 Å². The molecule has 4 aromatic rings. The van der Waals surface area contributed by atoms with Gasteiger partial charge in [-0.25, -0.2) is 9.13 Å². The van der Waals surface area contributed by atoms with Gasteiger partial charge in [0.15, 0.2) is 11.0 Å². The maximum absolute atomic E-state index is 12.6. The molecule has 0 fully saturated rings. The summed E-state index contributed by atoms with van der Waals surface area (Å²) in [7, 11) is -7.89. The number of halogens is 4. The topological polar surface area (TPSA) is 117 Å². The summed E-state index contributed by atoms with van der Waals surface area (Å²) < 4.78 is 67.8. The first-order valence-electron chi connectivity index (χ1n) is 16.4. The lowest BCUT2D eigenvalue weighted by Gasteiger charge is -2.24. The van der Waals surface area contributed by atoms with Crippen LogP contribution in [0.5, 0.6) is 0 Å². The maximum atomic E-state index is 12.6. The van der Waals surface area contributed by atoms with Crippen molar-refractivity contribution in [3.05, 3.63) is 98.7 Å². The molecule has 1 N–H and O–H groups in total. The molecule has 3 heterocycles. The van der Waals surface area contributed by atoms with E-state index in [-0.39, 0.29) is 17.9 Å². The van der Waals surface area contributed by atoms with E-state index < -0.39 is 20.2 Å². The van der Waals surface area contributed by atoms with E-state index >= 15 is 0 Å². The predicted molar refractivity (Wildman–Crippen MR) is 204 cm³/mol. The van der Waals surface area contributed by atoms with Crippen molar-refractivity contribution in [2.24, 2.45) is 0 Å². The molecule has 0 bridgehead atoms. The standard InChI is InChI=1S/C34H38Cl4N5O6S2/c1-3-40-29-21-25(35)27(37)23-31(29)42(17-8-10-19-50(44,45)46)33(40)13-12-14-34-41(4-2)30-22-26(36)28(38)24-32(30)43(34)18-9-11-20-51(47,48)49-39-15-6-5-7-16-39/h5-7,12-16,21-24H,3-4,8-11,17-20H2,1-2H3/q+1/p+1. The molecular formula is C34H39Cl4N5O6S2+2. The lowest BCUT2D eigenvalue weighted by atomic mass is 10.2. The highest BCUT2D eigenvalue weighted by Gasteiger charge is 2.31. The molecule has 1 aliphatic rings. The molecule has 1 aliphatic heterocycles. The summed E-state index contributed by atoms with van der Waals surface area (Å²) in [5, 5.41) is 1.65. The summed E-state index contributed by atoms with van der Waals surface area (Å²) >= 11 is 25.8. The largest absolute Gasteiger partial charge is 0.367 e. The van der Waals surface area contributed by atoms with Crippen molar-refractivity contribution in [3.63, 3.8) is 0 Å². The normalized spacial score (nSPS) is 14.4. The Balaban J connectivity index is 1.46. The highest BCUT2D eigenvalue weighted by molar-refractivity contribution is 7.86. The minimum Gasteiger partial charge on any atom is -0.326 e. The first-order valence-corrected chi connectivity index (χ1v) is 21.1. The van der Waals surface area contributed by atoms with Crippen molar-refractivity contribution in [2.75, 3.05) is 34.4 Å². The number of benzene rings is 2. The molecule has 0 radical (unpaired) electrons. The van der Waals surface area contributed by atoms with Gasteiger partial charge in [0.25, 0.3) is 15.9 Å². The quantitative estimate of drug-likeness (QED) is 0.0734. The number of aromatic nitrogens is 3. The number of unbranched alkanes of at least 4 members (excludes halogenated alkanes) is 2. The Morgan fingerprint density at radius 1 is 0.784 bits per heavy atom. The molecule has 11 nitrogen and oxygen atoms in total. The molecule has 0 amide bonds. The summed E-state index contributed by atoms with van der Waals surface area (Å²) in [6.07, 6.45) is 10.6. The second kappa shape index (κ2) is 16.7. The fourth-order valence-corrected chi connectivity index (χ4v) is 8.31. The number of allylic oxidation sites excluding steroid dienone is 2. The zero-order chi connectivity index (χ0) is 36.9. The maximum Gasteiger partial charge on any atom is 0.367 e. The summed E-state index contributed by atoms with van der Waals surface area (Å²) in [6.45, 7) is 6.26. The van der Waals surface area contributed by atoms with Gasteiger partial charge in [-0.1, -0.05) is 58.5 Å². The van der Waals surface area contributed by atoms with Gasteiger partial charge in [0.1, 0.15) is 5.82 Å². The first kappa shape index (κ1) is 39.2. The Kier molecular flexibility index (Phi) is 12.9. The molecule has 5 rings (SSSR count). The molecule has 0 saturated carbocycles. The number of hydrogen-bond acceptors (Lipinski definition) is 7. The zero-order valence-corrected chi connectivity index (χ0v) is 32.7. The van der Waals surface area contributed by atoms with Crippen LogP contribution < -0.4 is 23.4 Å². The number of aryl methyl sites for hydroxylation is 2. The van der Waals surface area contributed by atoms with Crippen LogP contribution in [0, 0.1) is 0 Å².